The van der Waals surface area contributed by atoms with Gasteiger partial charge < -0.3 is 48.8 Å². The summed E-state index contributed by atoms with van der Waals surface area (Å²) in [6.45, 7) is 0. The fourth-order valence-electron chi connectivity index (χ4n) is 0. The summed E-state index contributed by atoms with van der Waals surface area (Å²) in [5, 5.41) is 0. The Morgan fingerprint density at radius 1 is 1.00 bits per heavy atom. The van der Waals surface area contributed by atoms with Gasteiger partial charge in [-0.25, -0.2) is 0 Å². The number of rotatable bonds is 0. The van der Waals surface area contributed by atoms with Crippen LogP contribution < -0.4 is 48.8 Å². The molecule has 0 aromatic carbocycles. The largest absolute Gasteiger partial charge is 1.00 e. The Kier molecular flexibility index (Phi) is 161. The molecule has 0 amide bonds. The first kappa shape index (κ1) is 34.2. The zero-order valence-electron chi connectivity index (χ0n) is 1.63. The quantitative estimate of drug-likeness (QED) is 0.277. The molecule has 0 bridgehead atoms. The SMILES string of the molecule is [Cl-].[Cl-].[HH].[I-].[Pb]. The summed E-state index contributed by atoms with van der Waals surface area (Å²) in [6, 6.07) is 0. The average Bonchev–Trinajstić information content (AvgIpc) is 0. The van der Waals surface area contributed by atoms with Crippen molar-refractivity contribution in [3.05, 3.63) is 0 Å². The normalized spacial score (nSPS) is 0. The van der Waals surface area contributed by atoms with Crippen molar-refractivity contribution in [2.75, 3.05) is 0 Å². The molecule has 0 rings (SSSR count). The third kappa shape index (κ3) is 8.87. The Hall–Kier alpha value is 2.23. The minimum absolute atomic E-state index is 0. The fraction of sp³-hybridized carbons (Fsp3) is 0. The minimum atomic E-state index is 0. The molecular weight excluding hydrogens is 405 g/mol. The topological polar surface area (TPSA) is 0 Å². The van der Waals surface area contributed by atoms with E-state index in [1.807, 2.05) is 0 Å². The van der Waals surface area contributed by atoms with Crippen LogP contribution in [-0.2, 0) is 0 Å². The number of halogens is 3. The van der Waals surface area contributed by atoms with E-state index >= 15 is 0 Å². The van der Waals surface area contributed by atoms with Crippen molar-refractivity contribution in [2.45, 2.75) is 0 Å². The second-order valence-electron chi connectivity index (χ2n) is 0. The van der Waals surface area contributed by atoms with Crippen LogP contribution in [0, 0.1) is 0 Å². The van der Waals surface area contributed by atoms with Gasteiger partial charge >= 0.3 is 0 Å². The maximum absolute atomic E-state index is 0. The molecule has 0 saturated carbocycles. The van der Waals surface area contributed by atoms with E-state index in [-0.39, 0.29) is 77.5 Å². The zero-order valence-corrected chi connectivity index (χ0v) is 9.19. The third-order valence-electron chi connectivity index (χ3n) is 0. The molecule has 0 spiro atoms. The summed E-state index contributed by atoms with van der Waals surface area (Å²) >= 11 is 0. The molecule has 4 heavy (non-hydrogen) atoms. The molecule has 0 nitrogen and oxygen atoms in total. The molecule has 0 aliphatic carbocycles. The Balaban J connectivity index is 0. The molecule has 0 aliphatic heterocycles. The first-order chi connectivity index (χ1) is 0. The van der Waals surface area contributed by atoms with Crippen LogP contribution in [0.15, 0.2) is 0 Å². The van der Waals surface area contributed by atoms with Crippen LogP contribution in [0.2, 0.25) is 0 Å². The van der Waals surface area contributed by atoms with E-state index in [1.165, 1.54) is 0 Å². The van der Waals surface area contributed by atoms with E-state index in [9.17, 15) is 0 Å². The molecule has 0 fully saturated rings. The van der Waals surface area contributed by atoms with Gasteiger partial charge in [-0.15, -0.1) is 0 Å². The van der Waals surface area contributed by atoms with Gasteiger partial charge in [0.2, 0.25) is 0 Å². The van der Waals surface area contributed by atoms with Gasteiger partial charge in [0.1, 0.15) is 0 Å². The first-order valence-corrected chi connectivity index (χ1v) is 0. The van der Waals surface area contributed by atoms with Gasteiger partial charge in [0.15, 0.2) is 0 Å². The van der Waals surface area contributed by atoms with Crippen LogP contribution >= 0.6 is 0 Å². The van der Waals surface area contributed by atoms with Crippen molar-refractivity contribution in [1.82, 2.24) is 0 Å². The first-order valence-electron chi connectivity index (χ1n) is 0. The van der Waals surface area contributed by atoms with E-state index in [1.54, 1.807) is 0 Å². The van der Waals surface area contributed by atoms with E-state index in [0.29, 0.717) is 0 Å². The van der Waals surface area contributed by atoms with Crippen molar-refractivity contribution < 1.29 is 50.2 Å². The van der Waals surface area contributed by atoms with Gasteiger partial charge in [-0.2, -0.15) is 0 Å². The van der Waals surface area contributed by atoms with Crippen LogP contribution in [0.4, 0.5) is 0 Å². The number of hydrogen-bond donors (Lipinski definition) is 0. The summed E-state index contributed by atoms with van der Waals surface area (Å²) in [5.74, 6) is 0. The van der Waals surface area contributed by atoms with Crippen LogP contribution in [0.25, 0.3) is 0 Å². The van der Waals surface area contributed by atoms with Crippen molar-refractivity contribution in [2.24, 2.45) is 0 Å². The summed E-state index contributed by atoms with van der Waals surface area (Å²) < 4.78 is 0. The van der Waals surface area contributed by atoms with Gasteiger partial charge in [-0.3, -0.25) is 0 Å². The number of hydrogen-bond acceptors (Lipinski definition) is 0. The van der Waals surface area contributed by atoms with Gasteiger partial charge in [-0.1, -0.05) is 0 Å². The van der Waals surface area contributed by atoms with Crippen LogP contribution in [0.5, 0.6) is 0 Å². The van der Waals surface area contributed by atoms with E-state index in [2.05, 4.69) is 0 Å². The molecule has 0 aromatic heterocycles. The molecule has 4 heteroatoms. The third-order valence-corrected chi connectivity index (χ3v) is 0. The smallest absolute Gasteiger partial charge is 0 e. The van der Waals surface area contributed by atoms with Crippen molar-refractivity contribution in [3.63, 3.8) is 0 Å². The molecule has 0 N–H and O–H groups in total. The fourth-order valence-corrected chi connectivity index (χ4v) is 0. The zero-order chi connectivity index (χ0) is 0. The summed E-state index contributed by atoms with van der Waals surface area (Å²) in [5.41, 5.74) is 0. The Morgan fingerprint density at radius 2 is 1.00 bits per heavy atom. The van der Waals surface area contributed by atoms with Crippen LogP contribution in [-0.4, -0.2) is 27.3 Å². The van der Waals surface area contributed by atoms with E-state index in [4.69, 9.17) is 0 Å². The second kappa shape index (κ2) is 18.8. The van der Waals surface area contributed by atoms with E-state index < -0.39 is 0 Å². The molecule has 4 radical (unpaired) electrons. The monoisotopic (exact) mass is 407 g/mol. The molecule has 0 saturated heterocycles. The molecule has 0 atom stereocenters. The minimum Gasteiger partial charge on any atom is -1.00 e. The maximum Gasteiger partial charge on any atom is 0 e. The predicted molar refractivity (Wildman–Crippen MR) is 7.87 cm³/mol. The van der Waals surface area contributed by atoms with Crippen LogP contribution in [0.1, 0.15) is 1.43 Å². The standard InChI is InChI=1S/2ClH.HI.Pb.H2/h3*1H;;1H/p-3. The summed E-state index contributed by atoms with van der Waals surface area (Å²) in [7, 11) is 0. The predicted octanol–water partition coefficient (Wildman–Crippen LogP) is -9.12. The molecule has 0 aromatic rings. The maximum atomic E-state index is 0. The summed E-state index contributed by atoms with van der Waals surface area (Å²) in [4.78, 5) is 0. The second-order valence-corrected chi connectivity index (χ2v) is 0. The van der Waals surface area contributed by atoms with Crippen molar-refractivity contribution in [1.29, 1.82) is 0 Å². The molecule has 30 valence electrons. The summed E-state index contributed by atoms with van der Waals surface area (Å²) in [6.07, 6.45) is 0. The average molecular weight is 407 g/mol. The Bertz CT molecular complexity index is 9.61. The van der Waals surface area contributed by atoms with E-state index in [0.717, 1.165) is 0 Å². The van der Waals surface area contributed by atoms with Crippen molar-refractivity contribution in [3.8, 4) is 0 Å². The van der Waals surface area contributed by atoms with Crippen molar-refractivity contribution >= 4 is 27.3 Å². The Labute approximate surface area is 76.6 Å². The van der Waals surface area contributed by atoms with Gasteiger partial charge in [0.05, 0.1) is 0 Å². The van der Waals surface area contributed by atoms with Gasteiger partial charge in [0, 0.05) is 28.7 Å². The molecule has 0 aliphatic rings. The molecule has 0 unspecified atom stereocenters. The molecular formula is H2Cl2IPb-3. The molecule has 0 heterocycles. The van der Waals surface area contributed by atoms with Gasteiger partial charge in [-0.05, 0) is 0 Å². The Morgan fingerprint density at radius 3 is 1.00 bits per heavy atom. The van der Waals surface area contributed by atoms with Crippen LogP contribution in [0.3, 0.4) is 0 Å². The van der Waals surface area contributed by atoms with Gasteiger partial charge in [0.25, 0.3) is 0 Å².